The topological polar surface area (TPSA) is 41.3 Å². The number of nitrogens with zero attached hydrogens (tertiary/aromatic N) is 3. The van der Waals surface area contributed by atoms with E-state index in [4.69, 9.17) is 0 Å². The highest BCUT2D eigenvalue weighted by atomic mass is 16.2. The van der Waals surface area contributed by atoms with Gasteiger partial charge in [0.2, 0.25) is 0 Å². The van der Waals surface area contributed by atoms with Gasteiger partial charge in [-0.05, 0) is 45.1 Å². The summed E-state index contributed by atoms with van der Waals surface area (Å²) in [4.78, 5) is 6.43. The molecule has 0 radical (unpaired) electrons. The highest BCUT2D eigenvalue weighted by Gasteiger charge is 2.33. The Bertz CT molecular complexity index is 380. The first-order chi connectivity index (χ1) is 7.98. The zero-order valence-electron chi connectivity index (χ0n) is 11.1. The number of hydrogen-bond acceptors (Lipinski definition) is 3. The monoisotopic (exact) mass is 235 g/mol. The number of imidazole rings is 1. The van der Waals surface area contributed by atoms with E-state index >= 15 is 0 Å². The summed E-state index contributed by atoms with van der Waals surface area (Å²) in [7, 11) is -0.334. The lowest BCUT2D eigenvalue weighted by atomic mass is 9.74. The van der Waals surface area contributed by atoms with Crippen LogP contribution in [0.15, 0.2) is 12.5 Å². The van der Waals surface area contributed by atoms with Crippen LogP contribution in [0.25, 0.3) is 0 Å². The van der Waals surface area contributed by atoms with Crippen molar-refractivity contribution in [2.24, 2.45) is 5.41 Å². The zero-order chi connectivity index (χ0) is 12.5. The molecule has 2 heterocycles. The SMILES string of the molecule is CB(O)N1CCCC(C)(Cn2cnc(C)c2)C1. The molecule has 1 unspecified atom stereocenters. The molecule has 0 bridgehead atoms. The van der Waals surface area contributed by atoms with Gasteiger partial charge in [0.1, 0.15) is 0 Å². The van der Waals surface area contributed by atoms with Gasteiger partial charge in [-0.2, -0.15) is 0 Å². The third kappa shape index (κ3) is 3.10. The van der Waals surface area contributed by atoms with Crippen molar-refractivity contribution in [3.05, 3.63) is 18.2 Å². The highest BCUT2D eigenvalue weighted by molar-refractivity contribution is 6.45. The molecule has 1 saturated heterocycles. The molecular weight excluding hydrogens is 213 g/mol. The van der Waals surface area contributed by atoms with Crippen molar-refractivity contribution in [1.29, 1.82) is 0 Å². The van der Waals surface area contributed by atoms with Crippen LogP contribution in [0.1, 0.15) is 25.5 Å². The van der Waals surface area contributed by atoms with Gasteiger partial charge in [0.05, 0.1) is 12.0 Å². The Morgan fingerprint density at radius 3 is 2.94 bits per heavy atom. The van der Waals surface area contributed by atoms with Crippen molar-refractivity contribution in [3.63, 3.8) is 0 Å². The minimum atomic E-state index is -0.334. The van der Waals surface area contributed by atoms with Crippen LogP contribution < -0.4 is 0 Å². The maximum absolute atomic E-state index is 9.69. The molecule has 0 aliphatic carbocycles. The number of aromatic nitrogens is 2. The molecule has 5 heteroatoms. The third-order valence-electron chi connectivity index (χ3n) is 3.67. The number of aryl methyl sites for hydroxylation is 1. The van der Waals surface area contributed by atoms with E-state index in [0.717, 1.165) is 31.7 Å². The number of rotatable bonds is 3. The molecule has 0 aromatic carbocycles. The minimum Gasteiger partial charge on any atom is -0.437 e. The van der Waals surface area contributed by atoms with Gasteiger partial charge in [-0.25, -0.2) is 4.98 Å². The molecule has 1 atom stereocenters. The van der Waals surface area contributed by atoms with Crippen molar-refractivity contribution in [2.75, 3.05) is 13.1 Å². The van der Waals surface area contributed by atoms with Crippen LogP contribution in [0.3, 0.4) is 0 Å². The molecule has 0 spiro atoms. The molecule has 2 rings (SSSR count). The van der Waals surface area contributed by atoms with E-state index in [0.29, 0.717) is 0 Å². The fourth-order valence-corrected chi connectivity index (χ4v) is 2.80. The third-order valence-corrected chi connectivity index (χ3v) is 3.67. The van der Waals surface area contributed by atoms with E-state index in [2.05, 4.69) is 27.5 Å². The first-order valence-corrected chi connectivity index (χ1v) is 6.39. The number of hydrogen-bond donors (Lipinski definition) is 1. The summed E-state index contributed by atoms with van der Waals surface area (Å²) in [6.07, 6.45) is 6.37. The fraction of sp³-hybridized carbons (Fsp3) is 0.750. The van der Waals surface area contributed by atoms with Gasteiger partial charge in [-0.15, -0.1) is 0 Å². The van der Waals surface area contributed by atoms with Crippen LogP contribution in [0, 0.1) is 12.3 Å². The van der Waals surface area contributed by atoms with Gasteiger partial charge in [0.25, 0.3) is 0 Å². The van der Waals surface area contributed by atoms with Gasteiger partial charge in [-0.1, -0.05) is 6.92 Å². The van der Waals surface area contributed by atoms with E-state index in [-0.39, 0.29) is 12.5 Å². The number of piperidine rings is 1. The normalized spacial score (nSPS) is 26.1. The fourth-order valence-electron chi connectivity index (χ4n) is 2.80. The van der Waals surface area contributed by atoms with E-state index in [9.17, 15) is 5.02 Å². The molecule has 1 aliphatic rings. The molecule has 4 nitrogen and oxygen atoms in total. The van der Waals surface area contributed by atoms with Gasteiger partial charge < -0.3 is 14.4 Å². The summed E-state index contributed by atoms with van der Waals surface area (Å²) in [5.74, 6) is 0. The summed E-state index contributed by atoms with van der Waals surface area (Å²) < 4.78 is 2.17. The van der Waals surface area contributed by atoms with Crippen LogP contribution in [0.5, 0.6) is 0 Å². The molecule has 17 heavy (non-hydrogen) atoms. The molecule has 1 fully saturated rings. The summed E-state index contributed by atoms with van der Waals surface area (Å²) in [6, 6.07) is 0. The van der Waals surface area contributed by atoms with Gasteiger partial charge >= 0.3 is 7.05 Å². The van der Waals surface area contributed by atoms with Crippen LogP contribution in [-0.4, -0.2) is 39.5 Å². The molecule has 1 aromatic heterocycles. The second-order valence-corrected chi connectivity index (χ2v) is 5.70. The van der Waals surface area contributed by atoms with E-state index < -0.39 is 0 Å². The largest absolute Gasteiger partial charge is 0.437 e. The van der Waals surface area contributed by atoms with Crippen molar-refractivity contribution >= 4 is 7.05 Å². The standard InChI is InChI=1S/C12H22BN3O/c1-11-7-15(10-14-11)8-12(2)5-4-6-16(9-12)13(3)17/h7,10,17H,4-6,8-9H2,1-3H3. The molecule has 1 aliphatic heterocycles. The quantitative estimate of drug-likeness (QED) is 0.805. The Morgan fingerprint density at radius 2 is 2.35 bits per heavy atom. The average molecular weight is 235 g/mol. The lowest BCUT2D eigenvalue weighted by molar-refractivity contribution is 0.130. The first-order valence-electron chi connectivity index (χ1n) is 6.39. The summed E-state index contributed by atoms with van der Waals surface area (Å²) in [5.41, 5.74) is 1.30. The summed E-state index contributed by atoms with van der Waals surface area (Å²) in [6.45, 7) is 9.13. The first kappa shape index (κ1) is 12.6. The van der Waals surface area contributed by atoms with Crippen LogP contribution in [-0.2, 0) is 6.54 Å². The Morgan fingerprint density at radius 1 is 1.59 bits per heavy atom. The minimum absolute atomic E-state index is 0.238. The molecule has 0 saturated carbocycles. The van der Waals surface area contributed by atoms with E-state index in [1.165, 1.54) is 6.42 Å². The van der Waals surface area contributed by atoms with Gasteiger partial charge in [-0.3, -0.25) is 0 Å². The van der Waals surface area contributed by atoms with Crippen molar-refractivity contribution < 1.29 is 5.02 Å². The van der Waals surface area contributed by atoms with Crippen molar-refractivity contribution in [3.8, 4) is 0 Å². The smallest absolute Gasteiger partial charge is 0.376 e. The molecule has 94 valence electrons. The summed E-state index contributed by atoms with van der Waals surface area (Å²) >= 11 is 0. The highest BCUT2D eigenvalue weighted by Crippen LogP contribution is 2.31. The lowest BCUT2D eigenvalue weighted by Gasteiger charge is -2.41. The van der Waals surface area contributed by atoms with Gasteiger partial charge in [0, 0.05) is 12.7 Å². The van der Waals surface area contributed by atoms with E-state index in [1.807, 2.05) is 20.1 Å². The second kappa shape index (κ2) is 4.82. The molecule has 1 N–H and O–H groups in total. The van der Waals surface area contributed by atoms with Crippen molar-refractivity contribution in [1.82, 2.24) is 14.4 Å². The van der Waals surface area contributed by atoms with Crippen LogP contribution >= 0.6 is 0 Å². The maximum Gasteiger partial charge on any atom is 0.376 e. The van der Waals surface area contributed by atoms with Crippen molar-refractivity contribution in [2.45, 2.75) is 40.1 Å². The predicted molar refractivity (Wildman–Crippen MR) is 69.7 cm³/mol. The Kier molecular flexibility index (Phi) is 3.59. The molecule has 1 aromatic rings. The predicted octanol–water partition coefficient (Wildman–Crippen LogP) is 1.40. The van der Waals surface area contributed by atoms with Gasteiger partial charge in [0.15, 0.2) is 0 Å². The summed E-state index contributed by atoms with van der Waals surface area (Å²) in [5, 5.41) is 9.69. The maximum atomic E-state index is 9.69. The zero-order valence-corrected chi connectivity index (χ0v) is 11.1. The van der Waals surface area contributed by atoms with E-state index in [1.54, 1.807) is 0 Å². The molecule has 0 amide bonds. The Hall–Kier alpha value is -0.805. The Labute approximate surface area is 104 Å². The lowest BCUT2D eigenvalue weighted by Crippen LogP contribution is -2.49. The average Bonchev–Trinajstić information content (AvgIpc) is 2.63. The second-order valence-electron chi connectivity index (χ2n) is 5.70. The van der Waals surface area contributed by atoms with Crippen LogP contribution in [0.4, 0.5) is 0 Å². The van der Waals surface area contributed by atoms with Crippen LogP contribution in [0.2, 0.25) is 6.82 Å². The molecular formula is C12H22BN3O. The Balaban J connectivity index is 2.03.